The van der Waals surface area contributed by atoms with Crippen molar-refractivity contribution < 1.29 is 33.6 Å². The second kappa shape index (κ2) is 9.52. The maximum Gasteiger partial charge on any atom is 0.410 e. The number of rotatable bonds is 8. The second-order valence-corrected chi connectivity index (χ2v) is 10.3. The number of amides is 1. The van der Waals surface area contributed by atoms with E-state index >= 15 is 0 Å². The van der Waals surface area contributed by atoms with Crippen molar-refractivity contribution in [2.75, 3.05) is 46.4 Å². The summed E-state index contributed by atoms with van der Waals surface area (Å²) in [4.78, 5) is 27.5. The van der Waals surface area contributed by atoms with E-state index in [0.717, 1.165) is 12.8 Å². The van der Waals surface area contributed by atoms with Crippen LogP contribution >= 0.6 is 0 Å². The molecule has 4 fully saturated rings. The number of aliphatic carboxylic acids is 1. The Morgan fingerprint density at radius 2 is 1.91 bits per heavy atom. The number of piperazine rings is 1. The molecular weight excluding hydrogens is 428 g/mol. The monoisotopic (exact) mass is 466 g/mol. The molecule has 1 aliphatic carbocycles. The Kier molecular flexibility index (Phi) is 7.05. The number of carboxylic acids is 1. The maximum atomic E-state index is 13.0. The van der Waals surface area contributed by atoms with Crippen LogP contribution in [0.4, 0.5) is 4.79 Å². The molecule has 186 valence electrons. The van der Waals surface area contributed by atoms with Crippen molar-refractivity contribution in [3.8, 4) is 0 Å². The average molecular weight is 467 g/mol. The topological polar surface area (TPSA) is 104 Å². The number of epoxide rings is 2. The highest BCUT2D eigenvalue weighted by atomic mass is 16.6. The fraction of sp³-hybridized carbons (Fsp3) is 0.833. The van der Waals surface area contributed by atoms with Gasteiger partial charge in [-0.3, -0.25) is 9.69 Å². The Bertz CT molecular complexity index is 771. The van der Waals surface area contributed by atoms with Gasteiger partial charge in [0, 0.05) is 39.8 Å². The molecule has 0 aromatic carbocycles. The summed E-state index contributed by atoms with van der Waals surface area (Å²) in [7, 11) is 1.68. The normalized spacial score (nSPS) is 38.1. The SMILES string of the molecule is CO[C@@H]1[C@H](OC(=O)N2CCN(CCC(=O)O)CC2)CCC2(CO2)[C@H]1[C@]1(C)OC1CC=C(C)C. The van der Waals surface area contributed by atoms with Gasteiger partial charge in [-0.05, 0) is 40.0 Å². The van der Waals surface area contributed by atoms with Crippen molar-refractivity contribution in [3.63, 3.8) is 0 Å². The highest BCUT2D eigenvalue weighted by Gasteiger charge is 2.72. The van der Waals surface area contributed by atoms with Gasteiger partial charge in [0.05, 0.1) is 25.0 Å². The summed E-state index contributed by atoms with van der Waals surface area (Å²) < 4.78 is 24.1. The second-order valence-electron chi connectivity index (χ2n) is 10.3. The van der Waals surface area contributed by atoms with Crippen LogP contribution in [-0.4, -0.2) is 103 Å². The lowest BCUT2D eigenvalue weighted by molar-refractivity contribution is -0.137. The van der Waals surface area contributed by atoms with Crippen molar-refractivity contribution in [3.05, 3.63) is 11.6 Å². The Labute approximate surface area is 196 Å². The number of carbonyl (C=O) groups excluding carboxylic acids is 1. The van der Waals surface area contributed by atoms with Gasteiger partial charge in [0.1, 0.15) is 23.4 Å². The molecule has 4 aliphatic rings. The van der Waals surface area contributed by atoms with E-state index in [0.29, 0.717) is 45.8 Å². The van der Waals surface area contributed by atoms with Crippen molar-refractivity contribution in [1.82, 2.24) is 9.80 Å². The number of carbonyl (C=O) groups is 2. The van der Waals surface area contributed by atoms with Crippen molar-refractivity contribution in [2.24, 2.45) is 5.92 Å². The van der Waals surface area contributed by atoms with Gasteiger partial charge in [-0.1, -0.05) is 11.6 Å². The molecule has 0 radical (unpaired) electrons. The first kappa shape index (κ1) is 24.4. The first-order chi connectivity index (χ1) is 15.7. The van der Waals surface area contributed by atoms with Gasteiger partial charge in [-0.25, -0.2) is 4.79 Å². The zero-order valence-corrected chi connectivity index (χ0v) is 20.2. The lowest BCUT2D eigenvalue weighted by Crippen LogP contribution is -2.57. The number of methoxy groups -OCH3 is 1. The maximum absolute atomic E-state index is 13.0. The predicted molar refractivity (Wildman–Crippen MR) is 120 cm³/mol. The van der Waals surface area contributed by atoms with E-state index < -0.39 is 5.97 Å². The molecule has 6 atom stereocenters. The van der Waals surface area contributed by atoms with Crippen LogP contribution in [0, 0.1) is 5.92 Å². The Hall–Kier alpha value is -1.68. The molecule has 3 aliphatic heterocycles. The molecule has 1 saturated carbocycles. The van der Waals surface area contributed by atoms with Crippen LogP contribution in [0.1, 0.15) is 46.5 Å². The fourth-order valence-electron chi connectivity index (χ4n) is 5.68. The molecule has 2 unspecified atom stereocenters. The molecule has 33 heavy (non-hydrogen) atoms. The largest absolute Gasteiger partial charge is 0.481 e. The lowest BCUT2D eigenvalue weighted by atomic mass is 9.68. The minimum atomic E-state index is -0.803. The van der Waals surface area contributed by atoms with Crippen LogP contribution < -0.4 is 0 Å². The summed E-state index contributed by atoms with van der Waals surface area (Å²) in [5.41, 5.74) is 0.671. The predicted octanol–water partition coefficient (Wildman–Crippen LogP) is 2.29. The van der Waals surface area contributed by atoms with Crippen LogP contribution in [0.5, 0.6) is 0 Å². The van der Waals surface area contributed by atoms with E-state index in [2.05, 4.69) is 31.7 Å². The molecule has 3 saturated heterocycles. The smallest absolute Gasteiger partial charge is 0.410 e. The van der Waals surface area contributed by atoms with Crippen LogP contribution in [0.3, 0.4) is 0 Å². The quantitative estimate of drug-likeness (QED) is 0.429. The zero-order chi connectivity index (χ0) is 23.8. The fourth-order valence-corrected chi connectivity index (χ4v) is 5.68. The molecule has 9 nitrogen and oxygen atoms in total. The van der Waals surface area contributed by atoms with E-state index in [1.165, 1.54) is 5.57 Å². The van der Waals surface area contributed by atoms with E-state index in [9.17, 15) is 9.59 Å². The Morgan fingerprint density at radius 3 is 2.48 bits per heavy atom. The molecule has 9 heteroatoms. The minimum Gasteiger partial charge on any atom is -0.481 e. The number of hydrogen-bond acceptors (Lipinski definition) is 7. The number of allylic oxidation sites excluding steroid dienone is 1. The van der Waals surface area contributed by atoms with Crippen molar-refractivity contribution in [2.45, 2.75) is 76.0 Å². The first-order valence-electron chi connectivity index (χ1n) is 12.1. The molecule has 1 amide bonds. The number of carboxylic acid groups (broad SMARTS) is 1. The van der Waals surface area contributed by atoms with Gasteiger partial charge in [0.15, 0.2) is 0 Å². The van der Waals surface area contributed by atoms with Crippen LogP contribution in [0.25, 0.3) is 0 Å². The molecule has 0 aromatic heterocycles. The highest BCUT2D eigenvalue weighted by molar-refractivity contribution is 5.68. The van der Waals surface area contributed by atoms with Gasteiger partial charge in [0.25, 0.3) is 0 Å². The van der Waals surface area contributed by atoms with Crippen LogP contribution in [0.15, 0.2) is 11.6 Å². The van der Waals surface area contributed by atoms with Gasteiger partial charge in [0.2, 0.25) is 0 Å². The van der Waals surface area contributed by atoms with Gasteiger partial charge >= 0.3 is 12.1 Å². The number of hydrogen-bond donors (Lipinski definition) is 1. The third kappa shape index (κ3) is 5.21. The van der Waals surface area contributed by atoms with Gasteiger partial charge in [-0.15, -0.1) is 0 Å². The average Bonchev–Trinajstić information content (AvgIpc) is 3.69. The van der Waals surface area contributed by atoms with Gasteiger partial charge in [-0.2, -0.15) is 0 Å². The van der Waals surface area contributed by atoms with Crippen molar-refractivity contribution >= 4 is 12.1 Å². The summed E-state index contributed by atoms with van der Waals surface area (Å²) in [6, 6.07) is 0. The van der Waals surface area contributed by atoms with E-state index in [1.807, 2.05) is 0 Å². The molecule has 4 rings (SSSR count). The molecule has 1 spiro atoms. The summed E-state index contributed by atoms with van der Waals surface area (Å²) in [6.07, 6.45) is 3.86. The first-order valence-corrected chi connectivity index (χ1v) is 12.1. The summed E-state index contributed by atoms with van der Waals surface area (Å²) in [5.74, 6) is -0.798. The van der Waals surface area contributed by atoms with Gasteiger partial charge < -0.3 is 29.0 Å². The highest BCUT2D eigenvalue weighted by Crippen LogP contribution is 2.59. The third-order valence-corrected chi connectivity index (χ3v) is 7.76. The van der Waals surface area contributed by atoms with E-state index in [4.69, 9.17) is 24.1 Å². The van der Waals surface area contributed by atoms with Crippen molar-refractivity contribution in [1.29, 1.82) is 0 Å². The standard InChI is InChI=1S/C24H38N2O7/c1-16(2)5-6-18-23(3,33-18)21-20(30-4)17(7-9-24(21)15-31-24)32-22(29)26-13-11-25(12-14-26)10-8-19(27)28/h5,17-18,20-21H,6-15H2,1-4H3,(H,27,28)/t17-,18?,20-,21-,23-,24?/m1/s1. The summed E-state index contributed by atoms with van der Waals surface area (Å²) in [6.45, 7) is 9.88. The Balaban J connectivity index is 1.36. The third-order valence-electron chi connectivity index (χ3n) is 7.76. The number of ether oxygens (including phenoxy) is 4. The lowest BCUT2D eigenvalue weighted by Gasteiger charge is -2.43. The molecule has 0 aromatic rings. The molecular formula is C24H38N2O7. The minimum absolute atomic E-state index is 0.00461. The summed E-state index contributed by atoms with van der Waals surface area (Å²) >= 11 is 0. The summed E-state index contributed by atoms with van der Waals surface area (Å²) in [5, 5.41) is 8.87. The van der Waals surface area contributed by atoms with Crippen LogP contribution in [-0.2, 0) is 23.7 Å². The Morgan fingerprint density at radius 1 is 1.21 bits per heavy atom. The molecule has 0 bridgehead atoms. The molecule has 1 N–H and O–H groups in total. The van der Waals surface area contributed by atoms with E-state index in [1.54, 1.807) is 12.0 Å². The molecule has 3 heterocycles. The zero-order valence-electron chi connectivity index (χ0n) is 20.2. The number of nitrogens with zero attached hydrogens (tertiary/aromatic N) is 2. The van der Waals surface area contributed by atoms with E-state index in [-0.39, 0.29) is 47.9 Å². The van der Waals surface area contributed by atoms with Crippen LogP contribution in [0.2, 0.25) is 0 Å².